The van der Waals surface area contributed by atoms with Gasteiger partial charge in [-0.15, -0.1) is 0 Å². The first kappa shape index (κ1) is 11.5. The van der Waals surface area contributed by atoms with Crippen molar-refractivity contribution in [2.75, 3.05) is 7.11 Å². The number of methoxy groups -OCH3 is 1. The van der Waals surface area contributed by atoms with Gasteiger partial charge in [0.05, 0.1) is 12.8 Å². The average Bonchev–Trinajstić information content (AvgIpc) is 2.39. The van der Waals surface area contributed by atoms with Crippen LogP contribution < -0.4 is 10.5 Å². The topological polar surface area (TPSA) is 48.1 Å². The summed E-state index contributed by atoms with van der Waals surface area (Å²) in [6.45, 7) is 0.429. The molecule has 1 aromatic carbocycles. The third-order valence-corrected chi connectivity index (χ3v) is 2.51. The van der Waals surface area contributed by atoms with Crippen molar-refractivity contribution in [3.63, 3.8) is 0 Å². The smallest absolute Gasteiger partial charge is 0.136 e. The predicted molar refractivity (Wildman–Crippen MR) is 64.1 cm³/mol. The molecular weight excluding hydrogens is 219 g/mol. The van der Waals surface area contributed by atoms with Gasteiger partial charge in [-0.3, -0.25) is 4.98 Å². The van der Waals surface area contributed by atoms with Gasteiger partial charge in [0.1, 0.15) is 11.6 Å². The van der Waals surface area contributed by atoms with E-state index in [0.717, 1.165) is 5.56 Å². The largest absolute Gasteiger partial charge is 0.497 e. The van der Waals surface area contributed by atoms with Gasteiger partial charge in [0, 0.05) is 24.4 Å². The lowest BCUT2D eigenvalue weighted by Crippen LogP contribution is -1.97. The summed E-state index contributed by atoms with van der Waals surface area (Å²) in [7, 11) is 1.50. The fraction of sp³-hybridized carbons (Fsp3) is 0.154. The first-order chi connectivity index (χ1) is 8.24. The van der Waals surface area contributed by atoms with E-state index in [1.54, 1.807) is 24.4 Å². The molecule has 3 nitrogen and oxygen atoms in total. The molecule has 0 amide bonds. The average molecular weight is 232 g/mol. The monoisotopic (exact) mass is 232 g/mol. The Bertz CT molecular complexity index is 511. The van der Waals surface area contributed by atoms with Gasteiger partial charge in [-0.05, 0) is 23.8 Å². The van der Waals surface area contributed by atoms with E-state index >= 15 is 0 Å². The molecule has 17 heavy (non-hydrogen) atoms. The van der Waals surface area contributed by atoms with E-state index in [-0.39, 0.29) is 5.82 Å². The molecule has 2 aromatic rings. The predicted octanol–water partition coefficient (Wildman–Crippen LogP) is 2.36. The van der Waals surface area contributed by atoms with E-state index in [2.05, 4.69) is 4.98 Å². The third kappa shape index (κ3) is 2.42. The number of halogens is 1. The van der Waals surface area contributed by atoms with Crippen LogP contribution in [-0.2, 0) is 6.54 Å². The molecule has 0 aliphatic carbocycles. The van der Waals surface area contributed by atoms with E-state index in [4.69, 9.17) is 10.5 Å². The van der Waals surface area contributed by atoms with E-state index in [1.165, 1.54) is 13.2 Å². The normalized spacial score (nSPS) is 10.3. The maximum absolute atomic E-state index is 13.8. The molecule has 1 heterocycles. The number of ether oxygens (including phenoxy) is 1. The van der Waals surface area contributed by atoms with Crippen LogP contribution in [0.4, 0.5) is 4.39 Å². The summed E-state index contributed by atoms with van der Waals surface area (Å²) in [5.74, 6) is 0.141. The van der Waals surface area contributed by atoms with E-state index in [1.807, 2.05) is 6.07 Å². The fourth-order valence-electron chi connectivity index (χ4n) is 1.54. The number of pyridine rings is 1. The molecule has 0 saturated carbocycles. The first-order valence-corrected chi connectivity index (χ1v) is 5.23. The molecule has 0 radical (unpaired) electrons. The lowest BCUT2D eigenvalue weighted by molar-refractivity contribution is 0.411. The Labute approximate surface area is 99.1 Å². The zero-order valence-electron chi connectivity index (χ0n) is 9.48. The summed E-state index contributed by atoms with van der Waals surface area (Å²) in [6, 6.07) is 8.29. The Morgan fingerprint density at radius 3 is 2.65 bits per heavy atom. The lowest BCUT2D eigenvalue weighted by atomic mass is 10.1. The van der Waals surface area contributed by atoms with Crippen LogP contribution in [0.5, 0.6) is 5.75 Å². The Kier molecular flexibility index (Phi) is 3.35. The fourth-order valence-corrected chi connectivity index (χ4v) is 1.54. The molecule has 0 unspecified atom stereocenters. The number of rotatable bonds is 3. The SMILES string of the molecule is COc1ccc(-c2ccc(CN)cn2)c(F)c1. The van der Waals surface area contributed by atoms with Gasteiger partial charge < -0.3 is 10.5 Å². The van der Waals surface area contributed by atoms with Crippen molar-refractivity contribution in [3.05, 3.63) is 47.9 Å². The molecule has 0 aliphatic rings. The number of nitrogens with zero attached hydrogens (tertiary/aromatic N) is 1. The zero-order valence-corrected chi connectivity index (χ0v) is 9.48. The van der Waals surface area contributed by atoms with Gasteiger partial charge >= 0.3 is 0 Å². The second kappa shape index (κ2) is 4.93. The van der Waals surface area contributed by atoms with Crippen molar-refractivity contribution in [1.29, 1.82) is 0 Å². The number of hydrogen-bond donors (Lipinski definition) is 1. The van der Waals surface area contributed by atoms with Gasteiger partial charge in [0.2, 0.25) is 0 Å². The molecule has 1 aromatic heterocycles. The summed E-state index contributed by atoms with van der Waals surface area (Å²) < 4.78 is 18.7. The van der Waals surface area contributed by atoms with Crippen molar-refractivity contribution < 1.29 is 9.13 Å². The Morgan fingerprint density at radius 1 is 1.29 bits per heavy atom. The molecule has 0 spiro atoms. The van der Waals surface area contributed by atoms with Crippen molar-refractivity contribution in [1.82, 2.24) is 4.98 Å². The van der Waals surface area contributed by atoms with E-state index < -0.39 is 0 Å². The summed E-state index contributed by atoms with van der Waals surface area (Å²) in [5.41, 5.74) is 7.43. The van der Waals surface area contributed by atoms with Crippen molar-refractivity contribution in [3.8, 4) is 17.0 Å². The van der Waals surface area contributed by atoms with Gasteiger partial charge in [0.25, 0.3) is 0 Å². The van der Waals surface area contributed by atoms with Crippen LogP contribution in [0.15, 0.2) is 36.5 Å². The summed E-state index contributed by atoms with van der Waals surface area (Å²) in [5, 5.41) is 0. The van der Waals surface area contributed by atoms with Gasteiger partial charge in [-0.25, -0.2) is 4.39 Å². The van der Waals surface area contributed by atoms with E-state index in [0.29, 0.717) is 23.6 Å². The minimum absolute atomic E-state index is 0.350. The Hall–Kier alpha value is -1.94. The van der Waals surface area contributed by atoms with Gasteiger partial charge in [0.15, 0.2) is 0 Å². The van der Waals surface area contributed by atoms with Gasteiger partial charge in [-0.1, -0.05) is 6.07 Å². The Morgan fingerprint density at radius 2 is 2.12 bits per heavy atom. The van der Waals surface area contributed by atoms with Gasteiger partial charge in [-0.2, -0.15) is 0 Å². The van der Waals surface area contributed by atoms with Crippen LogP contribution >= 0.6 is 0 Å². The molecule has 2 rings (SSSR count). The molecule has 88 valence electrons. The second-order valence-electron chi connectivity index (χ2n) is 3.60. The third-order valence-electron chi connectivity index (χ3n) is 2.51. The number of aromatic nitrogens is 1. The molecule has 0 saturated heterocycles. The highest BCUT2D eigenvalue weighted by molar-refractivity contribution is 5.61. The van der Waals surface area contributed by atoms with Crippen LogP contribution in [0.3, 0.4) is 0 Å². The van der Waals surface area contributed by atoms with Crippen LogP contribution in [0, 0.1) is 5.82 Å². The standard InChI is InChI=1S/C13H13FN2O/c1-17-10-3-4-11(12(14)6-10)13-5-2-9(7-15)8-16-13/h2-6,8H,7,15H2,1H3. The number of nitrogens with two attached hydrogens (primary N) is 1. The molecule has 0 aliphatic heterocycles. The maximum atomic E-state index is 13.8. The lowest BCUT2D eigenvalue weighted by Gasteiger charge is -2.05. The molecule has 0 bridgehead atoms. The highest BCUT2D eigenvalue weighted by Gasteiger charge is 2.07. The van der Waals surface area contributed by atoms with Crippen molar-refractivity contribution >= 4 is 0 Å². The van der Waals surface area contributed by atoms with E-state index in [9.17, 15) is 4.39 Å². The van der Waals surface area contributed by atoms with Crippen molar-refractivity contribution in [2.45, 2.75) is 6.54 Å². The molecule has 0 atom stereocenters. The summed E-state index contributed by atoms with van der Waals surface area (Å²) >= 11 is 0. The van der Waals surface area contributed by atoms with Crippen LogP contribution in [-0.4, -0.2) is 12.1 Å². The highest BCUT2D eigenvalue weighted by atomic mass is 19.1. The minimum atomic E-state index is -0.350. The quantitative estimate of drug-likeness (QED) is 0.883. The molecule has 0 fully saturated rings. The molecule has 2 N–H and O–H groups in total. The zero-order chi connectivity index (χ0) is 12.3. The minimum Gasteiger partial charge on any atom is -0.497 e. The van der Waals surface area contributed by atoms with Crippen LogP contribution in [0.2, 0.25) is 0 Å². The highest BCUT2D eigenvalue weighted by Crippen LogP contribution is 2.24. The maximum Gasteiger partial charge on any atom is 0.136 e. The van der Waals surface area contributed by atoms with Crippen molar-refractivity contribution in [2.24, 2.45) is 5.73 Å². The summed E-state index contributed by atoms with van der Waals surface area (Å²) in [6.07, 6.45) is 1.65. The second-order valence-corrected chi connectivity index (χ2v) is 3.60. The molecule has 4 heteroatoms. The number of hydrogen-bond acceptors (Lipinski definition) is 3. The first-order valence-electron chi connectivity index (χ1n) is 5.23. The van der Waals surface area contributed by atoms with Crippen LogP contribution in [0.1, 0.15) is 5.56 Å². The molecular formula is C13H13FN2O. The summed E-state index contributed by atoms with van der Waals surface area (Å²) in [4.78, 5) is 4.18. The Balaban J connectivity index is 2.38. The van der Waals surface area contributed by atoms with Crippen LogP contribution in [0.25, 0.3) is 11.3 Å². The number of benzene rings is 1.